The maximum absolute atomic E-state index is 13.3. The second-order valence-electron chi connectivity index (χ2n) is 9.99. The van der Waals surface area contributed by atoms with Crippen molar-refractivity contribution in [3.05, 3.63) is 51.1 Å². The van der Waals surface area contributed by atoms with E-state index in [9.17, 15) is 4.79 Å². The summed E-state index contributed by atoms with van der Waals surface area (Å²) in [5.74, 6) is 1.48. The number of H-pyrrole nitrogens is 1. The minimum atomic E-state index is -0.267. The quantitative estimate of drug-likeness (QED) is 0.696. The van der Waals surface area contributed by atoms with E-state index in [1.54, 1.807) is 0 Å². The molecule has 0 saturated carbocycles. The molecule has 30 heavy (non-hydrogen) atoms. The number of aromatic nitrogens is 5. The van der Waals surface area contributed by atoms with Crippen LogP contribution in [0.4, 0.5) is 0 Å². The van der Waals surface area contributed by atoms with E-state index in [0.717, 1.165) is 53.8 Å². The minimum absolute atomic E-state index is 0.0472. The molecule has 1 aromatic carbocycles. The van der Waals surface area contributed by atoms with Gasteiger partial charge in [-0.1, -0.05) is 18.6 Å². The molecule has 1 fully saturated rings. The first kappa shape index (κ1) is 20.7. The van der Waals surface area contributed by atoms with Gasteiger partial charge in [0.2, 0.25) is 5.82 Å². The zero-order chi connectivity index (χ0) is 21.6. The van der Waals surface area contributed by atoms with Crippen LogP contribution in [0.3, 0.4) is 0 Å². The Morgan fingerprint density at radius 3 is 2.53 bits per heavy atom. The topological polar surface area (TPSA) is 80.9 Å². The summed E-state index contributed by atoms with van der Waals surface area (Å²) in [6.45, 7) is 14.7. The van der Waals surface area contributed by atoms with Gasteiger partial charge in [-0.2, -0.15) is 0 Å². The fourth-order valence-corrected chi connectivity index (χ4v) is 4.73. The summed E-state index contributed by atoms with van der Waals surface area (Å²) in [4.78, 5) is 17.8. The van der Waals surface area contributed by atoms with Gasteiger partial charge >= 0.3 is 0 Å². The van der Waals surface area contributed by atoms with Gasteiger partial charge in [-0.25, -0.2) is 4.68 Å². The summed E-state index contributed by atoms with van der Waals surface area (Å²) in [6, 6.07) is 6.11. The Morgan fingerprint density at radius 2 is 1.87 bits per heavy atom. The zero-order valence-corrected chi connectivity index (χ0v) is 18.9. The number of hydrogen-bond donors (Lipinski definition) is 2. The van der Waals surface area contributed by atoms with Crippen LogP contribution in [-0.2, 0) is 5.54 Å². The summed E-state index contributed by atoms with van der Waals surface area (Å²) in [7, 11) is 0. The van der Waals surface area contributed by atoms with Crippen LogP contribution in [0.25, 0.3) is 10.9 Å². The van der Waals surface area contributed by atoms with Gasteiger partial charge in [0.05, 0.1) is 29.7 Å². The van der Waals surface area contributed by atoms with Gasteiger partial charge in [0.1, 0.15) is 0 Å². The lowest BCUT2D eigenvalue weighted by Gasteiger charge is -2.34. The van der Waals surface area contributed by atoms with Crippen molar-refractivity contribution in [3.8, 4) is 0 Å². The Labute approximate surface area is 177 Å². The molecule has 0 unspecified atom stereocenters. The maximum atomic E-state index is 13.3. The molecule has 3 aromatic rings. The Balaban J connectivity index is 1.92. The van der Waals surface area contributed by atoms with Crippen molar-refractivity contribution >= 4 is 10.9 Å². The minimum Gasteiger partial charge on any atom is -0.322 e. The van der Waals surface area contributed by atoms with E-state index in [-0.39, 0.29) is 17.1 Å². The molecule has 1 atom stereocenters. The van der Waals surface area contributed by atoms with Gasteiger partial charge < -0.3 is 9.88 Å². The third kappa shape index (κ3) is 3.78. The lowest BCUT2D eigenvalue weighted by atomic mass is 9.94. The van der Waals surface area contributed by atoms with Crippen LogP contribution < -0.4 is 10.5 Å². The number of likely N-dealkylation sites (tertiary alicyclic amines) is 1. The molecule has 0 radical (unpaired) electrons. The summed E-state index contributed by atoms with van der Waals surface area (Å²) in [6.07, 6.45) is 2.29. The lowest BCUT2D eigenvalue weighted by Crippen LogP contribution is -3.13. The third-order valence-corrected chi connectivity index (χ3v) is 6.35. The average Bonchev–Trinajstić information content (AvgIpc) is 3.14. The maximum Gasteiger partial charge on any atom is 0.258 e. The SMILES string of the molecule is Cc1cc(C)c2[nH]c(=O)c([C@H](c3nnnn3C(C)(C)C)[NH+]3CCC(C)CC3)cc2c1. The molecule has 0 amide bonds. The van der Waals surface area contributed by atoms with E-state index in [4.69, 9.17) is 0 Å². The van der Waals surface area contributed by atoms with E-state index in [1.165, 1.54) is 10.5 Å². The number of nitrogens with zero attached hydrogens (tertiary/aromatic N) is 4. The van der Waals surface area contributed by atoms with Crippen LogP contribution in [0, 0.1) is 19.8 Å². The van der Waals surface area contributed by atoms with E-state index in [2.05, 4.69) is 73.3 Å². The second-order valence-corrected chi connectivity index (χ2v) is 9.99. The number of benzene rings is 1. The Bertz CT molecular complexity index is 1110. The van der Waals surface area contributed by atoms with Crippen molar-refractivity contribution in [2.75, 3.05) is 13.1 Å². The normalized spacial score (nSPS) is 21.1. The first-order valence-electron chi connectivity index (χ1n) is 10.9. The number of hydrogen-bond acceptors (Lipinski definition) is 4. The molecule has 1 aliphatic heterocycles. The predicted octanol–water partition coefficient (Wildman–Crippen LogP) is 2.29. The summed E-state index contributed by atoms with van der Waals surface area (Å²) >= 11 is 0. The molecule has 7 heteroatoms. The van der Waals surface area contributed by atoms with E-state index < -0.39 is 0 Å². The predicted molar refractivity (Wildman–Crippen MR) is 118 cm³/mol. The average molecular weight is 410 g/mol. The molecule has 1 aliphatic rings. The Morgan fingerprint density at radius 1 is 1.17 bits per heavy atom. The third-order valence-electron chi connectivity index (χ3n) is 6.35. The molecular weight excluding hydrogens is 376 g/mol. The van der Waals surface area contributed by atoms with Crippen LogP contribution in [0.15, 0.2) is 23.0 Å². The number of aryl methyl sites for hydroxylation is 2. The van der Waals surface area contributed by atoms with Crippen molar-refractivity contribution in [1.82, 2.24) is 25.2 Å². The number of tetrazole rings is 1. The van der Waals surface area contributed by atoms with Gasteiger partial charge in [0.25, 0.3) is 5.56 Å². The molecule has 3 heterocycles. The molecule has 2 aromatic heterocycles. The molecule has 0 spiro atoms. The van der Waals surface area contributed by atoms with Crippen LogP contribution in [0.5, 0.6) is 0 Å². The Hall–Kier alpha value is -2.54. The number of pyridine rings is 1. The van der Waals surface area contributed by atoms with Crippen molar-refractivity contribution in [3.63, 3.8) is 0 Å². The largest absolute Gasteiger partial charge is 0.322 e. The number of quaternary nitrogens is 1. The molecule has 1 saturated heterocycles. The fourth-order valence-electron chi connectivity index (χ4n) is 4.73. The van der Waals surface area contributed by atoms with Crippen molar-refractivity contribution in [2.24, 2.45) is 5.92 Å². The molecule has 7 nitrogen and oxygen atoms in total. The molecule has 0 aliphatic carbocycles. The van der Waals surface area contributed by atoms with Gasteiger partial charge in [-0.15, -0.1) is 5.10 Å². The number of fused-ring (bicyclic) bond motifs is 1. The monoisotopic (exact) mass is 409 g/mol. The highest BCUT2D eigenvalue weighted by molar-refractivity contribution is 5.83. The molecule has 4 rings (SSSR count). The van der Waals surface area contributed by atoms with Crippen LogP contribution in [0.1, 0.15) is 69.1 Å². The standard InChI is InChI=1S/C23H32N6O/c1-14-7-9-28(10-8-14)20(21-25-26-27-29(21)23(4,5)6)18-13-17-12-15(2)11-16(3)19(17)24-22(18)30/h11-14,20H,7-10H2,1-6H3,(H,24,30)/p+1/t20-/m1/s1. The van der Waals surface area contributed by atoms with Crippen LogP contribution in [0.2, 0.25) is 0 Å². The van der Waals surface area contributed by atoms with E-state index >= 15 is 0 Å². The molecule has 0 bridgehead atoms. The summed E-state index contributed by atoms with van der Waals surface area (Å²) < 4.78 is 1.88. The van der Waals surface area contributed by atoms with E-state index in [1.807, 2.05) is 11.6 Å². The number of piperidine rings is 1. The molecular formula is C23H33N6O+. The number of nitrogens with one attached hydrogen (secondary N) is 2. The van der Waals surface area contributed by atoms with Crippen LogP contribution in [-0.4, -0.2) is 38.3 Å². The van der Waals surface area contributed by atoms with Crippen molar-refractivity contribution in [1.29, 1.82) is 0 Å². The smallest absolute Gasteiger partial charge is 0.258 e. The number of rotatable bonds is 3. The Kier molecular flexibility index (Phi) is 5.26. The highest BCUT2D eigenvalue weighted by atomic mass is 16.1. The van der Waals surface area contributed by atoms with Gasteiger partial charge in [0.15, 0.2) is 6.04 Å². The van der Waals surface area contributed by atoms with Crippen molar-refractivity contribution in [2.45, 2.75) is 66.0 Å². The highest BCUT2D eigenvalue weighted by Crippen LogP contribution is 2.25. The number of aromatic amines is 1. The van der Waals surface area contributed by atoms with E-state index in [0.29, 0.717) is 5.92 Å². The molecule has 160 valence electrons. The highest BCUT2D eigenvalue weighted by Gasteiger charge is 2.37. The first-order valence-corrected chi connectivity index (χ1v) is 10.9. The fraction of sp³-hybridized carbons (Fsp3) is 0.565. The molecule has 2 N–H and O–H groups in total. The van der Waals surface area contributed by atoms with Gasteiger partial charge in [-0.05, 0) is 86.9 Å². The summed E-state index contributed by atoms with van der Waals surface area (Å²) in [5, 5.41) is 13.8. The summed E-state index contributed by atoms with van der Waals surface area (Å²) in [5.41, 5.74) is 3.62. The first-order chi connectivity index (χ1) is 14.1. The lowest BCUT2D eigenvalue weighted by molar-refractivity contribution is -0.932. The van der Waals surface area contributed by atoms with Gasteiger partial charge in [-0.3, -0.25) is 4.79 Å². The van der Waals surface area contributed by atoms with Gasteiger partial charge in [0, 0.05) is 0 Å². The van der Waals surface area contributed by atoms with Crippen molar-refractivity contribution < 1.29 is 4.90 Å². The second kappa shape index (κ2) is 7.61. The van der Waals surface area contributed by atoms with Crippen LogP contribution >= 0.6 is 0 Å². The zero-order valence-electron chi connectivity index (χ0n) is 18.9.